The summed E-state index contributed by atoms with van der Waals surface area (Å²) in [6.45, 7) is 4.14. The Labute approximate surface area is 87.9 Å². The third-order valence-corrected chi connectivity index (χ3v) is 1.85. The van der Waals surface area contributed by atoms with Crippen LogP contribution in [0.5, 0.6) is 0 Å². The molecule has 0 saturated carbocycles. The maximum Gasteiger partial charge on any atom is 0.267 e. The first kappa shape index (κ1) is 11.5. The number of rotatable bonds is 5. The number of aromatic nitrogens is 1. The van der Waals surface area contributed by atoms with Crippen molar-refractivity contribution >= 4 is 5.91 Å². The maximum atomic E-state index is 11.5. The van der Waals surface area contributed by atoms with E-state index in [1.165, 1.54) is 6.07 Å². The Hall–Kier alpha value is -1.62. The Kier molecular flexibility index (Phi) is 4.56. The monoisotopic (exact) mass is 209 g/mol. The lowest BCUT2D eigenvalue weighted by Gasteiger charge is -2.04. The van der Waals surface area contributed by atoms with E-state index in [1.807, 2.05) is 6.92 Å². The Morgan fingerprint density at radius 3 is 2.87 bits per heavy atom. The zero-order valence-corrected chi connectivity index (χ0v) is 8.67. The summed E-state index contributed by atoms with van der Waals surface area (Å²) in [6.07, 6.45) is 0. The predicted molar refractivity (Wildman–Crippen MR) is 57.9 cm³/mol. The van der Waals surface area contributed by atoms with E-state index in [2.05, 4.69) is 15.6 Å². The van der Waals surface area contributed by atoms with Crippen LogP contribution in [0.25, 0.3) is 0 Å². The zero-order valence-electron chi connectivity index (χ0n) is 8.67. The number of aromatic amines is 1. The van der Waals surface area contributed by atoms with E-state index in [9.17, 15) is 9.59 Å². The van der Waals surface area contributed by atoms with Gasteiger partial charge in [0.2, 0.25) is 5.56 Å². The molecule has 82 valence electrons. The molecule has 0 aliphatic carbocycles. The van der Waals surface area contributed by atoms with Crippen LogP contribution in [0.2, 0.25) is 0 Å². The van der Waals surface area contributed by atoms with Gasteiger partial charge >= 0.3 is 0 Å². The molecule has 0 aliphatic heterocycles. The first-order valence-electron chi connectivity index (χ1n) is 4.92. The minimum atomic E-state index is -0.269. The molecule has 15 heavy (non-hydrogen) atoms. The third kappa shape index (κ3) is 3.95. The van der Waals surface area contributed by atoms with E-state index < -0.39 is 0 Å². The van der Waals surface area contributed by atoms with Crippen LogP contribution < -0.4 is 16.2 Å². The van der Waals surface area contributed by atoms with Crippen molar-refractivity contribution in [3.63, 3.8) is 0 Å². The molecule has 0 atom stereocenters. The number of amides is 1. The summed E-state index contributed by atoms with van der Waals surface area (Å²) in [6, 6.07) is 4.50. The predicted octanol–water partition coefficient (Wildman–Crippen LogP) is -0.286. The lowest BCUT2D eigenvalue weighted by atomic mass is 10.3. The standard InChI is InChI=1S/C10H15N3O2/c1-2-11-6-7-12-10(15)8-4-3-5-9(14)13-8/h3-5,11H,2,6-7H2,1H3,(H,12,15)(H,13,14). The first-order chi connectivity index (χ1) is 7.24. The molecule has 0 bridgehead atoms. The minimum absolute atomic E-state index is 0.259. The number of nitrogens with one attached hydrogen (secondary N) is 3. The summed E-state index contributed by atoms with van der Waals surface area (Å²) in [5, 5.41) is 5.77. The van der Waals surface area contributed by atoms with Gasteiger partial charge in [0.25, 0.3) is 5.91 Å². The second kappa shape index (κ2) is 5.98. The van der Waals surface area contributed by atoms with Crippen molar-refractivity contribution < 1.29 is 4.79 Å². The molecule has 0 saturated heterocycles. The number of carbonyl (C=O) groups excluding carboxylic acids is 1. The molecule has 0 aromatic carbocycles. The summed E-state index contributed by atoms with van der Waals surface area (Å²) < 4.78 is 0. The average molecular weight is 209 g/mol. The van der Waals surface area contributed by atoms with Crippen molar-refractivity contribution in [1.29, 1.82) is 0 Å². The van der Waals surface area contributed by atoms with E-state index >= 15 is 0 Å². The van der Waals surface area contributed by atoms with Crippen LogP contribution in [-0.2, 0) is 0 Å². The first-order valence-corrected chi connectivity index (χ1v) is 4.92. The quantitative estimate of drug-likeness (QED) is 0.584. The number of likely N-dealkylation sites (N-methyl/N-ethyl adjacent to an activating group) is 1. The summed E-state index contributed by atoms with van der Waals surface area (Å²) in [5.41, 5.74) is 0.0216. The third-order valence-electron chi connectivity index (χ3n) is 1.85. The minimum Gasteiger partial charge on any atom is -0.349 e. The van der Waals surface area contributed by atoms with E-state index in [0.29, 0.717) is 12.2 Å². The SMILES string of the molecule is CCNCCNC(=O)c1cccc(=O)[nH]1. The van der Waals surface area contributed by atoms with Crippen molar-refractivity contribution in [3.05, 3.63) is 34.2 Å². The summed E-state index contributed by atoms with van der Waals surface area (Å²) in [5.74, 6) is -0.259. The second-order valence-corrected chi connectivity index (χ2v) is 3.04. The highest BCUT2D eigenvalue weighted by Crippen LogP contribution is 1.88. The number of hydrogen-bond acceptors (Lipinski definition) is 3. The van der Waals surface area contributed by atoms with Gasteiger partial charge in [-0.2, -0.15) is 0 Å². The van der Waals surface area contributed by atoms with Crippen LogP contribution in [0.1, 0.15) is 17.4 Å². The molecule has 1 amide bonds. The van der Waals surface area contributed by atoms with Gasteiger partial charge in [-0.1, -0.05) is 13.0 Å². The maximum absolute atomic E-state index is 11.5. The number of pyridine rings is 1. The summed E-state index contributed by atoms with van der Waals surface area (Å²) in [7, 11) is 0. The van der Waals surface area contributed by atoms with Crippen molar-refractivity contribution in [3.8, 4) is 0 Å². The highest BCUT2D eigenvalue weighted by atomic mass is 16.2. The molecule has 1 rings (SSSR count). The number of hydrogen-bond donors (Lipinski definition) is 3. The fourth-order valence-electron chi connectivity index (χ4n) is 1.12. The van der Waals surface area contributed by atoms with Crippen LogP contribution in [0, 0.1) is 0 Å². The van der Waals surface area contributed by atoms with Crippen LogP contribution in [-0.4, -0.2) is 30.5 Å². The molecular formula is C10H15N3O2. The second-order valence-electron chi connectivity index (χ2n) is 3.04. The summed E-state index contributed by atoms with van der Waals surface area (Å²) in [4.78, 5) is 24.8. The topological polar surface area (TPSA) is 74.0 Å². The molecule has 0 spiro atoms. The van der Waals surface area contributed by atoms with Crippen LogP contribution in [0.4, 0.5) is 0 Å². The number of H-pyrrole nitrogens is 1. The molecule has 5 nitrogen and oxygen atoms in total. The fourth-order valence-corrected chi connectivity index (χ4v) is 1.12. The van der Waals surface area contributed by atoms with Gasteiger partial charge in [-0.25, -0.2) is 0 Å². The van der Waals surface area contributed by atoms with Gasteiger partial charge in [0.05, 0.1) is 0 Å². The molecule has 0 radical (unpaired) electrons. The van der Waals surface area contributed by atoms with Gasteiger partial charge in [0.15, 0.2) is 0 Å². The Morgan fingerprint density at radius 1 is 1.40 bits per heavy atom. The molecule has 1 aromatic rings. The normalized spacial score (nSPS) is 9.93. The lowest BCUT2D eigenvalue weighted by Crippen LogP contribution is -2.32. The molecule has 1 heterocycles. The van der Waals surface area contributed by atoms with Gasteiger partial charge in [-0.15, -0.1) is 0 Å². The van der Waals surface area contributed by atoms with Gasteiger partial charge in [-0.05, 0) is 12.6 Å². The van der Waals surface area contributed by atoms with Crippen LogP contribution >= 0.6 is 0 Å². The Morgan fingerprint density at radius 2 is 2.20 bits per heavy atom. The summed E-state index contributed by atoms with van der Waals surface area (Å²) >= 11 is 0. The molecule has 0 fully saturated rings. The van der Waals surface area contributed by atoms with Crippen LogP contribution in [0.15, 0.2) is 23.0 Å². The van der Waals surface area contributed by atoms with E-state index in [-0.39, 0.29) is 11.5 Å². The van der Waals surface area contributed by atoms with Crippen molar-refractivity contribution in [1.82, 2.24) is 15.6 Å². The zero-order chi connectivity index (χ0) is 11.1. The van der Waals surface area contributed by atoms with Gasteiger partial charge in [-0.3, -0.25) is 9.59 Å². The van der Waals surface area contributed by atoms with Gasteiger partial charge in [0, 0.05) is 19.2 Å². The molecule has 3 N–H and O–H groups in total. The van der Waals surface area contributed by atoms with Crippen molar-refractivity contribution in [2.75, 3.05) is 19.6 Å². The smallest absolute Gasteiger partial charge is 0.267 e. The Bertz CT molecular complexity index is 373. The van der Waals surface area contributed by atoms with Gasteiger partial charge in [0.1, 0.15) is 5.69 Å². The average Bonchev–Trinajstić information content (AvgIpc) is 2.24. The lowest BCUT2D eigenvalue weighted by molar-refractivity contribution is 0.0949. The Balaban J connectivity index is 2.44. The van der Waals surface area contributed by atoms with Crippen LogP contribution in [0.3, 0.4) is 0 Å². The van der Waals surface area contributed by atoms with E-state index in [4.69, 9.17) is 0 Å². The van der Waals surface area contributed by atoms with Crippen molar-refractivity contribution in [2.24, 2.45) is 0 Å². The van der Waals surface area contributed by atoms with E-state index in [1.54, 1.807) is 12.1 Å². The molecule has 1 aromatic heterocycles. The largest absolute Gasteiger partial charge is 0.349 e. The molecule has 5 heteroatoms. The molecule has 0 unspecified atom stereocenters. The highest BCUT2D eigenvalue weighted by molar-refractivity contribution is 5.92. The van der Waals surface area contributed by atoms with E-state index in [0.717, 1.165) is 13.1 Å². The molecule has 0 aliphatic rings. The van der Waals surface area contributed by atoms with Crippen molar-refractivity contribution in [2.45, 2.75) is 6.92 Å². The number of carbonyl (C=O) groups is 1. The highest BCUT2D eigenvalue weighted by Gasteiger charge is 2.03. The molecular weight excluding hydrogens is 194 g/mol. The fraction of sp³-hybridized carbons (Fsp3) is 0.400. The van der Waals surface area contributed by atoms with Gasteiger partial charge < -0.3 is 15.6 Å².